The molecule has 0 spiro atoms. The highest BCUT2D eigenvalue weighted by Gasteiger charge is 1.92. The third kappa shape index (κ3) is 3.06. The lowest BCUT2D eigenvalue weighted by atomic mass is 10.3. The largest absolute Gasteiger partial charge is 0.394 e. The highest BCUT2D eigenvalue weighted by molar-refractivity contribution is 5.73. The van der Waals surface area contributed by atoms with Gasteiger partial charge in [-0.25, -0.2) is 4.79 Å². The van der Waals surface area contributed by atoms with Gasteiger partial charge in [-0.05, 0) is 26.0 Å². The van der Waals surface area contributed by atoms with Crippen molar-refractivity contribution in [1.82, 2.24) is 9.97 Å². The van der Waals surface area contributed by atoms with Gasteiger partial charge in [0.05, 0.1) is 11.0 Å². The van der Waals surface area contributed by atoms with E-state index < -0.39 is 0 Å². The molecule has 76 valence electrons. The van der Waals surface area contributed by atoms with Gasteiger partial charge in [0.15, 0.2) is 0 Å². The molecule has 2 rings (SSSR count). The summed E-state index contributed by atoms with van der Waals surface area (Å²) < 4.78 is 0. The van der Waals surface area contributed by atoms with Gasteiger partial charge < -0.3 is 15.1 Å². The van der Waals surface area contributed by atoms with E-state index in [1.165, 1.54) is 0 Å². The molecule has 0 saturated heterocycles. The molecule has 4 heteroatoms. The van der Waals surface area contributed by atoms with Crippen LogP contribution in [0.2, 0.25) is 0 Å². The summed E-state index contributed by atoms with van der Waals surface area (Å²) in [6.07, 6.45) is -0.167. The van der Waals surface area contributed by atoms with Crippen molar-refractivity contribution in [2.75, 3.05) is 0 Å². The van der Waals surface area contributed by atoms with Crippen LogP contribution in [0.25, 0.3) is 11.0 Å². The number of para-hydroxylation sites is 2. The first kappa shape index (κ1) is 10.5. The van der Waals surface area contributed by atoms with E-state index in [4.69, 9.17) is 5.11 Å². The third-order valence-electron chi connectivity index (χ3n) is 1.42. The number of rotatable bonds is 0. The van der Waals surface area contributed by atoms with Gasteiger partial charge in [0.2, 0.25) is 0 Å². The Bertz CT molecular complexity index is 404. The molecule has 14 heavy (non-hydrogen) atoms. The van der Waals surface area contributed by atoms with Crippen molar-refractivity contribution in [2.24, 2.45) is 0 Å². The fourth-order valence-corrected chi connectivity index (χ4v) is 0.977. The van der Waals surface area contributed by atoms with Gasteiger partial charge in [-0.15, -0.1) is 0 Å². The van der Waals surface area contributed by atoms with Gasteiger partial charge in [0.25, 0.3) is 0 Å². The van der Waals surface area contributed by atoms with E-state index in [0.29, 0.717) is 0 Å². The standard InChI is InChI=1S/C7H6N2O.C3H8O/c10-7-8-5-3-1-2-4-6(5)9-7;1-3(2)4/h1-4H,(H2,8,9,10);3-4H,1-2H3. The van der Waals surface area contributed by atoms with Crippen LogP contribution in [-0.2, 0) is 0 Å². The predicted molar refractivity (Wildman–Crippen MR) is 56.3 cm³/mol. The summed E-state index contributed by atoms with van der Waals surface area (Å²) in [7, 11) is 0. The molecule has 1 aromatic heterocycles. The van der Waals surface area contributed by atoms with Crippen LogP contribution in [0.1, 0.15) is 13.8 Å². The second kappa shape index (κ2) is 4.62. The van der Waals surface area contributed by atoms with Crippen molar-refractivity contribution in [1.29, 1.82) is 0 Å². The number of aromatic nitrogens is 2. The molecule has 4 nitrogen and oxygen atoms in total. The van der Waals surface area contributed by atoms with Gasteiger partial charge >= 0.3 is 5.69 Å². The summed E-state index contributed by atoms with van der Waals surface area (Å²) in [6.45, 7) is 3.44. The van der Waals surface area contributed by atoms with Crippen LogP contribution in [0, 0.1) is 0 Å². The zero-order valence-electron chi connectivity index (χ0n) is 8.24. The Morgan fingerprint density at radius 2 is 1.50 bits per heavy atom. The van der Waals surface area contributed by atoms with Crippen molar-refractivity contribution in [3.63, 3.8) is 0 Å². The minimum atomic E-state index is -0.167. The summed E-state index contributed by atoms with van der Waals surface area (Å²) in [5.41, 5.74) is 1.56. The maximum absolute atomic E-state index is 10.7. The Balaban J connectivity index is 0.000000213. The summed E-state index contributed by atoms with van der Waals surface area (Å²) in [4.78, 5) is 16.0. The highest BCUT2D eigenvalue weighted by atomic mass is 16.3. The number of H-pyrrole nitrogens is 2. The van der Waals surface area contributed by atoms with Crippen molar-refractivity contribution in [3.8, 4) is 0 Å². The van der Waals surface area contributed by atoms with Gasteiger partial charge in [0, 0.05) is 6.10 Å². The quantitative estimate of drug-likeness (QED) is 0.590. The first-order valence-corrected chi connectivity index (χ1v) is 4.44. The fraction of sp³-hybridized carbons (Fsp3) is 0.300. The van der Waals surface area contributed by atoms with E-state index in [9.17, 15) is 4.79 Å². The number of hydrogen-bond acceptors (Lipinski definition) is 2. The van der Waals surface area contributed by atoms with Crippen molar-refractivity contribution >= 4 is 11.0 Å². The number of aliphatic hydroxyl groups excluding tert-OH is 1. The smallest absolute Gasteiger partial charge is 0.323 e. The molecule has 0 aliphatic heterocycles. The number of aromatic amines is 2. The molecule has 3 N–H and O–H groups in total. The van der Waals surface area contributed by atoms with Gasteiger partial charge in [-0.2, -0.15) is 0 Å². The summed E-state index contributed by atoms with van der Waals surface area (Å²) in [6, 6.07) is 7.47. The van der Waals surface area contributed by atoms with E-state index in [-0.39, 0.29) is 11.8 Å². The molecule has 0 atom stereocenters. The predicted octanol–water partition coefficient (Wildman–Crippen LogP) is 1.24. The van der Waals surface area contributed by atoms with Gasteiger partial charge in [-0.1, -0.05) is 12.1 Å². The fourth-order valence-electron chi connectivity index (χ4n) is 0.977. The number of nitrogens with one attached hydrogen (secondary N) is 2. The zero-order valence-corrected chi connectivity index (χ0v) is 8.24. The zero-order chi connectivity index (χ0) is 10.6. The first-order chi connectivity index (χ1) is 6.59. The lowest BCUT2D eigenvalue weighted by Gasteiger charge is -1.81. The third-order valence-corrected chi connectivity index (χ3v) is 1.42. The van der Waals surface area contributed by atoms with E-state index in [1.807, 2.05) is 24.3 Å². The van der Waals surface area contributed by atoms with Gasteiger partial charge in [-0.3, -0.25) is 0 Å². The summed E-state index contributed by atoms with van der Waals surface area (Å²) in [5.74, 6) is 0. The van der Waals surface area contributed by atoms with Gasteiger partial charge in [0.1, 0.15) is 0 Å². The van der Waals surface area contributed by atoms with E-state index in [1.54, 1.807) is 13.8 Å². The lowest BCUT2D eigenvalue weighted by Crippen LogP contribution is -1.99. The molecular formula is C10H14N2O2. The van der Waals surface area contributed by atoms with Crippen LogP contribution in [0.3, 0.4) is 0 Å². The topological polar surface area (TPSA) is 68.9 Å². The Hall–Kier alpha value is -1.55. The minimum Gasteiger partial charge on any atom is -0.394 e. The van der Waals surface area contributed by atoms with Crippen LogP contribution < -0.4 is 5.69 Å². The average molecular weight is 194 g/mol. The Labute approximate surface area is 81.6 Å². The van der Waals surface area contributed by atoms with Crippen LogP contribution >= 0.6 is 0 Å². The Morgan fingerprint density at radius 3 is 1.86 bits per heavy atom. The lowest BCUT2D eigenvalue weighted by molar-refractivity contribution is 0.216. The molecule has 0 amide bonds. The van der Waals surface area contributed by atoms with Crippen molar-refractivity contribution in [3.05, 3.63) is 34.7 Å². The number of hydrogen-bond donors (Lipinski definition) is 3. The van der Waals surface area contributed by atoms with Crippen LogP contribution in [0.5, 0.6) is 0 Å². The van der Waals surface area contributed by atoms with Crippen molar-refractivity contribution < 1.29 is 5.11 Å². The van der Waals surface area contributed by atoms with Crippen LogP contribution in [0.15, 0.2) is 29.1 Å². The first-order valence-electron chi connectivity index (χ1n) is 4.44. The van der Waals surface area contributed by atoms with E-state index in [0.717, 1.165) is 11.0 Å². The molecule has 0 aliphatic rings. The number of imidazole rings is 1. The average Bonchev–Trinajstić information content (AvgIpc) is 2.42. The van der Waals surface area contributed by atoms with E-state index in [2.05, 4.69) is 9.97 Å². The molecular weight excluding hydrogens is 180 g/mol. The number of aliphatic hydroxyl groups is 1. The van der Waals surface area contributed by atoms with Crippen LogP contribution in [-0.4, -0.2) is 21.2 Å². The molecule has 0 fully saturated rings. The normalized spacial score (nSPS) is 10.0. The van der Waals surface area contributed by atoms with Crippen LogP contribution in [0.4, 0.5) is 0 Å². The number of benzene rings is 1. The summed E-state index contributed by atoms with van der Waals surface area (Å²) >= 11 is 0. The summed E-state index contributed by atoms with van der Waals surface area (Å²) in [5, 5.41) is 8.06. The molecule has 0 radical (unpaired) electrons. The highest BCUT2D eigenvalue weighted by Crippen LogP contribution is 2.03. The monoisotopic (exact) mass is 194 g/mol. The SMILES string of the molecule is CC(C)O.O=c1[nH]c2ccccc2[nH]1. The molecule has 0 saturated carbocycles. The van der Waals surface area contributed by atoms with Crippen molar-refractivity contribution in [2.45, 2.75) is 20.0 Å². The maximum Gasteiger partial charge on any atom is 0.323 e. The number of fused-ring (bicyclic) bond motifs is 1. The molecule has 0 aliphatic carbocycles. The molecule has 2 aromatic rings. The molecule has 1 aromatic carbocycles. The molecule has 0 unspecified atom stereocenters. The maximum atomic E-state index is 10.7. The molecule has 1 heterocycles. The Kier molecular flexibility index (Phi) is 3.48. The second-order valence-electron chi connectivity index (χ2n) is 3.22. The second-order valence-corrected chi connectivity index (χ2v) is 3.22. The van der Waals surface area contributed by atoms with E-state index >= 15 is 0 Å². The molecule has 0 bridgehead atoms. The minimum absolute atomic E-state index is 0.152. The Morgan fingerprint density at radius 1 is 1.14 bits per heavy atom.